The van der Waals surface area contributed by atoms with Crippen LogP contribution in [-0.4, -0.2) is 18.1 Å². The van der Waals surface area contributed by atoms with Crippen molar-refractivity contribution >= 4 is 11.8 Å². The van der Waals surface area contributed by atoms with E-state index >= 15 is 0 Å². The number of hydroxylamine groups is 1. The Balaban J connectivity index is 2.72. The highest BCUT2D eigenvalue weighted by Crippen LogP contribution is 2.11. The summed E-state index contributed by atoms with van der Waals surface area (Å²) in [7, 11) is 1.31. The van der Waals surface area contributed by atoms with Gasteiger partial charge in [0.25, 0.3) is 0 Å². The van der Waals surface area contributed by atoms with Crippen molar-refractivity contribution in [3.8, 4) is 0 Å². The van der Waals surface area contributed by atoms with Crippen molar-refractivity contribution in [3.05, 3.63) is 23.6 Å². The molecule has 0 aliphatic rings. The van der Waals surface area contributed by atoms with Crippen molar-refractivity contribution in [3.63, 3.8) is 0 Å². The van der Waals surface area contributed by atoms with Gasteiger partial charge in [-0.2, -0.15) is 0 Å². The third kappa shape index (κ3) is 2.67. The molecular formula is C8H10FN3O2. The normalized spacial score (nSPS) is 9.64. The molecule has 0 unspecified atom stereocenters. The largest absolute Gasteiger partial charge is 0.344 e. The number of carbonyl (C=O) groups excluding carboxylic acids is 1. The van der Waals surface area contributed by atoms with Gasteiger partial charge in [-0.1, -0.05) is 0 Å². The van der Waals surface area contributed by atoms with Crippen molar-refractivity contribution in [1.29, 1.82) is 0 Å². The van der Waals surface area contributed by atoms with E-state index < -0.39 is 11.8 Å². The van der Waals surface area contributed by atoms with Crippen LogP contribution < -0.4 is 10.8 Å². The standard InChI is InChI=1S/C8H10FN3O2/c1-5-3-6(9)4-10-7(5)11-8(13)12-14-2/h3-4H,1-2H3,(H2,10,11,12,13). The first kappa shape index (κ1) is 10.4. The Morgan fingerprint density at radius 2 is 2.36 bits per heavy atom. The van der Waals surface area contributed by atoms with Gasteiger partial charge in [-0.15, -0.1) is 0 Å². The van der Waals surface area contributed by atoms with Crippen molar-refractivity contribution in [1.82, 2.24) is 10.5 Å². The van der Waals surface area contributed by atoms with Gasteiger partial charge in [0.15, 0.2) is 0 Å². The number of aryl methyl sites for hydroxylation is 1. The highest BCUT2D eigenvalue weighted by atomic mass is 19.1. The molecule has 1 rings (SSSR count). The van der Waals surface area contributed by atoms with Crippen molar-refractivity contribution < 1.29 is 14.0 Å². The predicted molar refractivity (Wildman–Crippen MR) is 48.1 cm³/mol. The zero-order valence-corrected chi connectivity index (χ0v) is 7.80. The molecule has 0 saturated carbocycles. The smallest absolute Gasteiger partial charge is 0.290 e. The highest BCUT2D eigenvalue weighted by molar-refractivity contribution is 5.88. The van der Waals surface area contributed by atoms with Crippen LogP contribution in [0.3, 0.4) is 0 Å². The number of urea groups is 1. The predicted octanol–water partition coefficient (Wildman–Crippen LogP) is 1.21. The van der Waals surface area contributed by atoms with Crippen LogP contribution in [0, 0.1) is 12.7 Å². The first-order valence-electron chi connectivity index (χ1n) is 3.85. The molecule has 0 saturated heterocycles. The molecule has 1 aromatic heterocycles. The molecule has 0 fully saturated rings. The third-order valence-electron chi connectivity index (χ3n) is 1.47. The Labute approximate surface area is 80.2 Å². The lowest BCUT2D eigenvalue weighted by atomic mass is 10.3. The molecule has 0 radical (unpaired) electrons. The number of carbonyl (C=O) groups is 1. The number of anilines is 1. The summed E-state index contributed by atoms with van der Waals surface area (Å²) in [6.07, 6.45) is 1.02. The molecule has 14 heavy (non-hydrogen) atoms. The Bertz CT molecular complexity index is 343. The summed E-state index contributed by atoms with van der Waals surface area (Å²) in [6.45, 7) is 1.64. The topological polar surface area (TPSA) is 63.2 Å². The van der Waals surface area contributed by atoms with E-state index in [1.165, 1.54) is 13.2 Å². The average molecular weight is 199 g/mol. The lowest BCUT2D eigenvalue weighted by Gasteiger charge is -2.06. The second-order valence-electron chi connectivity index (χ2n) is 2.58. The molecule has 2 N–H and O–H groups in total. The Morgan fingerprint density at radius 3 is 2.93 bits per heavy atom. The van der Waals surface area contributed by atoms with E-state index in [0.717, 1.165) is 6.20 Å². The average Bonchev–Trinajstić information content (AvgIpc) is 2.10. The summed E-state index contributed by atoms with van der Waals surface area (Å²) in [4.78, 5) is 19.0. The first-order chi connectivity index (χ1) is 6.63. The number of pyridine rings is 1. The highest BCUT2D eigenvalue weighted by Gasteiger charge is 2.05. The number of amides is 2. The second-order valence-corrected chi connectivity index (χ2v) is 2.58. The minimum Gasteiger partial charge on any atom is -0.290 e. The maximum absolute atomic E-state index is 12.6. The Morgan fingerprint density at radius 1 is 1.64 bits per heavy atom. The van der Waals surface area contributed by atoms with E-state index in [0.29, 0.717) is 11.4 Å². The lowest BCUT2D eigenvalue weighted by molar-refractivity contribution is 0.114. The van der Waals surface area contributed by atoms with Gasteiger partial charge in [-0.3, -0.25) is 10.2 Å². The van der Waals surface area contributed by atoms with Gasteiger partial charge >= 0.3 is 6.03 Å². The summed E-state index contributed by atoms with van der Waals surface area (Å²) in [5.74, 6) is -0.152. The number of hydrogen-bond donors (Lipinski definition) is 2. The third-order valence-corrected chi connectivity index (χ3v) is 1.47. The Kier molecular flexibility index (Phi) is 3.35. The van der Waals surface area contributed by atoms with Crippen molar-refractivity contribution in [2.24, 2.45) is 0 Å². The summed E-state index contributed by atoms with van der Waals surface area (Å²) in [5.41, 5.74) is 2.59. The first-order valence-corrected chi connectivity index (χ1v) is 3.85. The van der Waals surface area contributed by atoms with E-state index in [9.17, 15) is 9.18 Å². The van der Waals surface area contributed by atoms with Gasteiger partial charge in [-0.25, -0.2) is 19.6 Å². The van der Waals surface area contributed by atoms with Crippen LogP contribution in [0.2, 0.25) is 0 Å². The summed E-state index contributed by atoms with van der Waals surface area (Å²) in [6, 6.07) is 0.713. The molecule has 2 amide bonds. The maximum atomic E-state index is 12.6. The molecule has 0 bridgehead atoms. The maximum Gasteiger partial charge on any atom is 0.344 e. The Hall–Kier alpha value is -1.69. The molecule has 0 aromatic carbocycles. The minimum absolute atomic E-state index is 0.293. The second kappa shape index (κ2) is 4.52. The van der Waals surface area contributed by atoms with Gasteiger partial charge in [0.05, 0.1) is 13.3 Å². The minimum atomic E-state index is -0.560. The van der Waals surface area contributed by atoms with Gasteiger partial charge in [0, 0.05) is 0 Å². The molecule has 6 heteroatoms. The molecule has 5 nitrogen and oxygen atoms in total. The number of aromatic nitrogens is 1. The SMILES string of the molecule is CONC(=O)Nc1ncc(F)cc1C. The van der Waals surface area contributed by atoms with Gasteiger partial charge in [0.1, 0.15) is 11.6 Å². The van der Waals surface area contributed by atoms with Crippen LogP contribution in [0.5, 0.6) is 0 Å². The van der Waals surface area contributed by atoms with E-state index in [-0.39, 0.29) is 0 Å². The van der Waals surface area contributed by atoms with Crippen LogP contribution in [0.4, 0.5) is 15.0 Å². The van der Waals surface area contributed by atoms with Crippen molar-refractivity contribution in [2.75, 3.05) is 12.4 Å². The molecule has 1 aromatic rings. The van der Waals surface area contributed by atoms with Gasteiger partial charge in [0.2, 0.25) is 0 Å². The number of hydrogen-bond acceptors (Lipinski definition) is 3. The molecule has 0 atom stereocenters. The summed E-state index contributed by atoms with van der Waals surface area (Å²) >= 11 is 0. The number of rotatable bonds is 2. The zero-order valence-electron chi connectivity index (χ0n) is 7.80. The molecule has 0 aliphatic carbocycles. The van der Waals surface area contributed by atoms with Crippen LogP contribution >= 0.6 is 0 Å². The van der Waals surface area contributed by atoms with Gasteiger partial charge in [-0.05, 0) is 18.6 Å². The van der Waals surface area contributed by atoms with Crippen LogP contribution in [0.1, 0.15) is 5.56 Å². The molecule has 0 spiro atoms. The van der Waals surface area contributed by atoms with Gasteiger partial charge < -0.3 is 0 Å². The van der Waals surface area contributed by atoms with E-state index in [1.807, 2.05) is 0 Å². The fourth-order valence-electron chi connectivity index (χ4n) is 0.897. The quantitative estimate of drug-likeness (QED) is 0.704. The molecule has 76 valence electrons. The lowest BCUT2D eigenvalue weighted by Crippen LogP contribution is -2.28. The number of nitrogens with one attached hydrogen (secondary N) is 2. The van der Waals surface area contributed by atoms with Crippen LogP contribution in [0.25, 0.3) is 0 Å². The zero-order chi connectivity index (χ0) is 10.6. The molecular weight excluding hydrogens is 189 g/mol. The summed E-state index contributed by atoms with van der Waals surface area (Å²) < 4.78 is 12.6. The van der Waals surface area contributed by atoms with E-state index in [2.05, 4.69) is 20.6 Å². The number of nitrogens with zero attached hydrogens (tertiary/aromatic N) is 1. The monoisotopic (exact) mass is 199 g/mol. The summed E-state index contributed by atoms with van der Waals surface area (Å²) in [5, 5.41) is 2.39. The fraction of sp³-hybridized carbons (Fsp3) is 0.250. The number of halogens is 1. The van der Waals surface area contributed by atoms with E-state index in [1.54, 1.807) is 6.92 Å². The van der Waals surface area contributed by atoms with Crippen molar-refractivity contribution in [2.45, 2.75) is 6.92 Å². The van der Waals surface area contributed by atoms with Crippen LogP contribution in [-0.2, 0) is 4.84 Å². The van der Waals surface area contributed by atoms with E-state index in [4.69, 9.17) is 0 Å². The molecule has 0 aliphatic heterocycles. The molecule has 1 heterocycles. The fourth-order valence-corrected chi connectivity index (χ4v) is 0.897. The van der Waals surface area contributed by atoms with Crippen LogP contribution in [0.15, 0.2) is 12.3 Å².